The van der Waals surface area contributed by atoms with Crippen molar-refractivity contribution >= 4 is 5.65 Å². The normalized spacial score (nSPS) is 11.3. The molecule has 0 saturated carbocycles. The van der Waals surface area contributed by atoms with Crippen LogP contribution in [0, 0.1) is 0 Å². The molecule has 10 heteroatoms. The van der Waals surface area contributed by atoms with Crippen molar-refractivity contribution in [2.75, 3.05) is 0 Å². The molecule has 3 heterocycles. The Kier molecular flexibility index (Phi) is 3.34. The number of rotatable bonds is 4. The summed E-state index contributed by atoms with van der Waals surface area (Å²) in [5.74, 6) is 0.445. The van der Waals surface area contributed by atoms with Gasteiger partial charge >= 0.3 is 0 Å². The van der Waals surface area contributed by atoms with E-state index >= 15 is 0 Å². The van der Waals surface area contributed by atoms with Crippen molar-refractivity contribution in [2.45, 2.75) is 6.43 Å². The third-order valence-corrected chi connectivity index (χ3v) is 3.14. The maximum Gasteiger partial charge on any atom is 0.299 e. The van der Waals surface area contributed by atoms with Crippen LogP contribution in [-0.2, 0) is 0 Å². The fourth-order valence-corrected chi connectivity index (χ4v) is 2.06. The Balaban J connectivity index is 1.60. The van der Waals surface area contributed by atoms with Gasteiger partial charge in [0.1, 0.15) is 5.75 Å². The zero-order valence-electron chi connectivity index (χ0n) is 11.9. The second kappa shape index (κ2) is 5.65. The standard InChI is InChI=1S/C14H8F2N6O2/c15-12(16)13-19-18-10-5-6-11(21-22(10)13)24-9-3-1-8(2-4-9)14-20-17-7-23-14/h1-7,12H. The van der Waals surface area contributed by atoms with Gasteiger partial charge in [0.15, 0.2) is 5.65 Å². The summed E-state index contributed by atoms with van der Waals surface area (Å²) in [6.45, 7) is 0. The Bertz CT molecular complexity index is 969. The number of halogens is 2. The zero-order chi connectivity index (χ0) is 16.5. The molecule has 4 rings (SSSR count). The topological polar surface area (TPSA) is 91.2 Å². The number of benzene rings is 1. The van der Waals surface area contributed by atoms with Crippen LogP contribution in [0.15, 0.2) is 47.2 Å². The minimum absolute atomic E-state index is 0.134. The van der Waals surface area contributed by atoms with Crippen molar-refractivity contribution in [1.82, 2.24) is 30.0 Å². The summed E-state index contributed by atoms with van der Waals surface area (Å²) in [7, 11) is 0. The lowest BCUT2D eigenvalue weighted by Crippen LogP contribution is -2.00. The van der Waals surface area contributed by atoms with Gasteiger partial charge in [-0.25, -0.2) is 8.78 Å². The van der Waals surface area contributed by atoms with E-state index in [2.05, 4.69) is 25.5 Å². The average molecular weight is 330 g/mol. The Morgan fingerprint density at radius 1 is 1.00 bits per heavy atom. The number of hydrogen-bond acceptors (Lipinski definition) is 7. The fraction of sp³-hybridized carbons (Fsp3) is 0.0714. The molecule has 0 aliphatic heterocycles. The molecule has 0 saturated heterocycles. The first-order valence-corrected chi connectivity index (χ1v) is 6.76. The van der Waals surface area contributed by atoms with Gasteiger partial charge in [0.05, 0.1) is 0 Å². The lowest BCUT2D eigenvalue weighted by Gasteiger charge is -2.05. The number of ether oxygens (including phenoxy) is 1. The van der Waals surface area contributed by atoms with Crippen molar-refractivity contribution < 1.29 is 17.9 Å². The van der Waals surface area contributed by atoms with Crippen LogP contribution in [0.5, 0.6) is 11.6 Å². The van der Waals surface area contributed by atoms with E-state index in [1.807, 2.05) is 0 Å². The number of nitrogens with zero attached hydrogens (tertiary/aromatic N) is 6. The van der Waals surface area contributed by atoms with E-state index in [0.29, 0.717) is 11.6 Å². The third kappa shape index (κ3) is 2.53. The third-order valence-electron chi connectivity index (χ3n) is 3.14. The van der Waals surface area contributed by atoms with Crippen molar-refractivity contribution in [3.63, 3.8) is 0 Å². The summed E-state index contributed by atoms with van der Waals surface area (Å²) in [6, 6.07) is 9.81. The molecule has 0 atom stereocenters. The second-order valence-electron chi connectivity index (χ2n) is 4.67. The molecule has 0 amide bonds. The highest BCUT2D eigenvalue weighted by atomic mass is 19.3. The van der Waals surface area contributed by atoms with Crippen molar-refractivity contribution in [3.8, 4) is 23.1 Å². The summed E-state index contributed by atoms with van der Waals surface area (Å²) >= 11 is 0. The molecular weight excluding hydrogens is 322 g/mol. The first-order chi connectivity index (χ1) is 11.7. The van der Waals surface area contributed by atoms with Crippen molar-refractivity contribution in [1.29, 1.82) is 0 Å². The molecule has 0 fully saturated rings. The molecule has 1 aromatic carbocycles. The summed E-state index contributed by atoms with van der Waals surface area (Å²) in [4.78, 5) is 0. The quantitative estimate of drug-likeness (QED) is 0.568. The Morgan fingerprint density at radius 3 is 2.54 bits per heavy atom. The van der Waals surface area contributed by atoms with Crippen LogP contribution in [-0.4, -0.2) is 30.0 Å². The number of aromatic nitrogens is 6. The number of fused-ring (bicyclic) bond motifs is 1. The highest BCUT2D eigenvalue weighted by Gasteiger charge is 2.17. The monoisotopic (exact) mass is 330 g/mol. The molecule has 0 bridgehead atoms. The SMILES string of the molecule is FC(F)c1nnc2ccc(Oc3ccc(-c4nnco4)cc3)nn12. The average Bonchev–Trinajstić information content (AvgIpc) is 3.25. The van der Waals surface area contributed by atoms with Crippen LogP contribution < -0.4 is 4.74 Å². The summed E-state index contributed by atoms with van der Waals surface area (Å²) in [5.41, 5.74) is 0.937. The van der Waals surface area contributed by atoms with Crippen LogP contribution in [0.4, 0.5) is 8.78 Å². The van der Waals surface area contributed by atoms with Crippen LogP contribution >= 0.6 is 0 Å². The predicted molar refractivity (Wildman–Crippen MR) is 75.5 cm³/mol. The highest BCUT2D eigenvalue weighted by molar-refractivity contribution is 5.54. The molecule has 120 valence electrons. The van der Waals surface area contributed by atoms with E-state index < -0.39 is 12.2 Å². The second-order valence-corrected chi connectivity index (χ2v) is 4.67. The van der Waals surface area contributed by atoms with Gasteiger partial charge in [-0.1, -0.05) is 0 Å². The molecule has 24 heavy (non-hydrogen) atoms. The Labute approximate surface area is 132 Å². The molecule has 0 N–H and O–H groups in total. The van der Waals surface area contributed by atoms with Gasteiger partial charge in [-0.2, -0.15) is 4.52 Å². The minimum atomic E-state index is -2.78. The van der Waals surface area contributed by atoms with Gasteiger partial charge in [-0.3, -0.25) is 0 Å². The van der Waals surface area contributed by atoms with E-state index in [0.717, 1.165) is 10.1 Å². The smallest absolute Gasteiger partial charge is 0.299 e. The molecule has 0 aliphatic carbocycles. The van der Waals surface area contributed by atoms with E-state index in [1.54, 1.807) is 24.3 Å². The van der Waals surface area contributed by atoms with Gasteiger partial charge in [-0.05, 0) is 30.3 Å². The maximum absolute atomic E-state index is 12.8. The van der Waals surface area contributed by atoms with Gasteiger partial charge in [0, 0.05) is 11.6 Å². The highest BCUT2D eigenvalue weighted by Crippen LogP contribution is 2.24. The van der Waals surface area contributed by atoms with Crippen molar-refractivity contribution in [3.05, 3.63) is 48.6 Å². The molecule has 8 nitrogen and oxygen atoms in total. The van der Waals surface area contributed by atoms with Crippen LogP contribution in [0.3, 0.4) is 0 Å². The Hall–Kier alpha value is -3.43. The first-order valence-electron chi connectivity index (χ1n) is 6.76. The molecule has 0 radical (unpaired) electrons. The van der Waals surface area contributed by atoms with Gasteiger partial charge in [0.2, 0.25) is 24.0 Å². The van der Waals surface area contributed by atoms with Gasteiger partial charge < -0.3 is 9.15 Å². The van der Waals surface area contributed by atoms with E-state index in [4.69, 9.17) is 9.15 Å². The molecule has 0 unspecified atom stereocenters. The number of hydrogen-bond donors (Lipinski definition) is 0. The predicted octanol–water partition coefficient (Wildman–Crippen LogP) is 2.90. The Morgan fingerprint density at radius 2 is 1.83 bits per heavy atom. The van der Waals surface area contributed by atoms with Crippen molar-refractivity contribution in [2.24, 2.45) is 0 Å². The fourth-order valence-electron chi connectivity index (χ4n) is 2.06. The minimum Gasteiger partial charge on any atom is -0.438 e. The molecular formula is C14H8F2N6O2. The van der Waals surface area contributed by atoms with Crippen LogP contribution in [0.1, 0.15) is 12.2 Å². The maximum atomic E-state index is 12.8. The lowest BCUT2D eigenvalue weighted by molar-refractivity contribution is 0.137. The lowest BCUT2D eigenvalue weighted by atomic mass is 10.2. The van der Waals surface area contributed by atoms with E-state index in [9.17, 15) is 8.78 Å². The molecule has 4 aromatic rings. The van der Waals surface area contributed by atoms with E-state index in [1.165, 1.54) is 18.5 Å². The number of alkyl halides is 2. The van der Waals surface area contributed by atoms with Gasteiger partial charge in [0.25, 0.3) is 6.43 Å². The zero-order valence-corrected chi connectivity index (χ0v) is 11.9. The molecule has 0 spiro atoms. The van der Waals surface area contributed by atoms with Crippen LogP contribution in [0.25, 0.3) is 17.1 Å². The summed E-state index contributed by atoms with van der Waals surface area (Å²) in [5, 5.41) is 18.4. The van der Waals surface area contributed by atoms with Gasteiger partial charge in [-0.15, -0.1) is 25.5 Å². The molecule has 0 aliphatic rings. The largest absolute Gasteiger partial charge is 0.438 e. The summed E-state index contributed by atoms with van der Waals surface area (Å²) in [6.07, 6.45) is -1.55. The summed E-state index contributed by atoms with van der Waals surface area (Å²) < 4.78 is 37.3. The molecule has 3 aromatic heterocycles. The first kappa shape index (κ1) is 14.2. The van der Waals surface area contributed by atoms with Crippen LogP contribution in [0.2, 0.25) is 0 Å². The van der Waals surface area contributed by atoms with E-state index in [-0.39, 0.29) is 11.5 Å².